The number of phenols is 1. The summed E-state index contributed by atoms with van der Waals surface area (Å²) in [4.78, 5) is 31.1. The predicted octanol–water partition coefficient (Wildman–Crippen LogP) is 3.88. The molecule has 0 saturated carbocycles. The van der Waals surface area contributed by atoms with E-state index in [1.807, 2.05) is 53.5 Å². The molecule has 0 aliphatic carbocycles. The number of benzene rings is 4. The minimum atomic E-state index is -1.10. The van der Waals surface area contributed by atoms with Gasteiger partial charge in [-0.3, -0.25) is 19.8 Å². The van der Waals surface area contributed by atoms with Crippen LogP contribution in [0.4, 0.5) is 5.69 Å². The highest BCUT2D eigenvalue weighted by molar-refractivity contribution is 6.42. The summed E-state index contributed by atoms with van der Waals surface area (Å²) in [7, 11) is 0. The number of fused-ring (bicyclic) bond motifs is 2. The van der Waals surface area contributed by atoms with Crippen molar-refractivity contribution >= 4 is 51.5 Å². The monoisotopic (exact) mass is 695 g/mol. The Morgan fingerprint density at radius 1 is 1.04 bits per heavy atom. The van der Waals surface area contributed by atoms with E-state index >= 15 is 0 Å². The molecule has 4 aromatic carbocycles. The van der Waals surface area contributed by atoms with Gasteiger partial charge in [0.2, 0.25) is 5.91 Å². The van der Waals surface area contributed by atoms with E-state index in [1.165, 1.54) is 17.0 Å². The fourth-order valence-corrected chi connectivity index (χ4v) is 6.74. The Bertz CT molecular complexity index is 2060. The van der Waals surface area contributed by atoms with Crippen molar-refractivity contribution < 1.29 is 19.4 Å². The zero-order valence-electron chi connectivity index (χ0n) is 26.1. The highest BCUT2D eigenvalue weighted by atomic mass is 35.5. The number of rotatable bonds is 8. The predicted molar refractivity (Wildman–Crippen MR) is 184 cm³/mol. The number of nitriles is 1. The lowest BCUT2D eigenvalue weighted by atomic mass is 10.0. The first kappa shape index (κ1) is 32.7. The Hall–Kier alpha value is -4.85. The van der Waals surface area contributed by atoms with Crippen molar-refractivity contribution in [3.05, 3.63) is 106 Å². The average Bonchev–Trinajstić information content (AvgIpc) is 3.80. The van der Waals surface area contributed by atoms with Gasteiger partial charge in [0.25, 0.3) is 5.91 Å². The maximum atomic E-state index is 14.2. The van der Waals surface area contributed by atoms with Crippen LogP contribution in [0, 0.1) is 23.2 Å². The average molecular weight is 697 g/mol. The molecule has 3 aliphatic rings. The number of epoxide rings is 1. The zero-order valence-corrected chi connectivity index (χ0v) is 27.6. The Morgan fingerprint density at radius 2 is 1.86 bits per heavy atom. The Balaban J connectivity index is 1.18. The van der Waals surface area contributed by atoms with Crippen LogP contribution in [0.15, 0.2) is 78.9 Å². The summed E-state index contributed by atoms with van der Waals surface area (Å²) in [5, 5.41) is 29.6. The van der Waals surface area contributed by atoms with E-state index in [1.54, 1.807) is 28.1 Å². The molecule has 0 spiro atoms. The third kappa shape index (κ3) is 6.61. The number of anilines is 1. The smallest absolute Gasteiger partial charge is 0.258 e. The van der Waals surface area contributed by atoms with Crippen molar-refractivity contribution in [3.8, 4) is 23.7 Å². The maximum absolute atomic E-state index is 14.2. The second-order valence-electron chi connectivity index (χ2n) is 12.0. The molecule has 7 rings (SSSR count). The Labute approximate surface area is 292 Å². The fourth-order valence-electron chi connectivity index (χ4n) is 6.42. The van der Waals surface area contributed by atoms with Crippen molar-refractivity contribution in [1.82, 2.24) is 25.1 Å². The first-order valence-electron chi connectivity index (χ1n) is 15.6. The number of nitrogens with one attached hydrogen (secondary N) is 1. The molecule has 2 amide bonds. The topological polar surface area (TPSA) is 142 Å². The number of hydrogen-bond donors (Lipinski definition) is 3. The van der Waals surface area contributed by atoms with Gasteiger partial charge in [-0.1, -0.05) is 83.6 Å². The summed E-state index contributed by atoms with van der Waals surface area (Å²) >= 11 is 12.2. The van der Waals surface area contributed by atoms with E-state index < -0.39 is 24.7 Å². The Morgan fingerprint density at radius 3 is 2.65 bits per heavy atom. The standard InChI is InChI=1S/C36H31Cl2N7O4/c37-27-11-8-23(16-28(27)38)18-41-34-36(49-34)43(15-14-39)44-21-33(47)45-30(12-9-22-10-13-31(46)29(40)17-22)35(48)42(20-32(44)45)19-25-6-3-5-24-4-1-2-7-26(24)25/h1-8,10-11,13,16-17,30,32,34,36,41,46H,15,18-21,40H2. The lowest BCUT2D eigenvalue weighted by Gasteiger charge is -2.44. The van der Waals surface area contributed by atoms with Crippen LogP contribution in [-0.2, 0) is 27.4 Å². The van der Waals surface area contributed by atoms with Crippen LogP contribution in [0.25, 0.3) is 10.8 Å². The van der Waals surface area contributed by atoms with Gasteiger partial charge in [0.05, 0.1) is 34.9 Å². The minimum absolute atomic E-state index is 0.0480. The molecule has 0 radical (unpaired) electrons. The normalized spacial score (nSPS) is 21.8. The molecular formula is C36H31Cl2N7O4. The molecule has 4 atom stereocenters. The molecular weight excluding hydrogens is 665 g/mol. The van der Waals surface area contributed by atoms with Crippen molar-refractivity contribution in [3.63, 3.8) is 0 Å². The van der Waals surface area contributed by atoms with Crippen molar-refractivity contribution in [2.45, 2.75) is 37.8 Å². The van der Waals surface area contributed by atoms with E-state index in [0.717, 1.165) is 21.9 Å². The number of hydrazine groups is 1. The van der Waals surface area contributed by atoms with Crippen molar-refractivity contribution in [2.24, 2.45) is 0 Å². The van der Waals surface area contributed by atoms with Gasteiger partial charge in [-0.15, -0.1) is 0 Å². The van der Waals surface area contributed by atoms with Gasteiger partial charge in [0.15, 0.2) is 18.5 Å². The number of amides is 2. The maximum Gasteiger partial charge on any atom is 0.258 e. The number of aromatic hydroxyl groups is 1. The quantitative estimate of drug-likeness (QED) is 0.0823. The number of nitrogens with two attached hydrogens (primary N) is 1. The van der Waals surface area contributed by atoms with Gasteiger partial charge in [-0.25, -0.2) is 5.01 Å². The first-order valence-corrected chi connectivity index (χ1v) is 16.4. The third-order valence-electron chi connectivity index (χ3n) is 8.90. The molecule has 3 heterocycles. The lowest BCUT2D eigenvalue weighted by molar-refractivity contribution is -0.157. The lowest BCUT2D eigenvalue weighted by Crippen LogP contribution is -2.64. The Kier molecular flexibility index (Phi) is 9.05. The molecule has 3 saturated heterocycles. The SMILES string of the molecule is N#CCN(C1OC1NCc1ccc(Cl)c(Cl)c1)N1CC(=O)N2C(C#Cc3ccc(O)c(N)c3)C(=O)N(Cc3cccc4ccccc34)CC21. The van der Waals surface area contributed by atoms with Crippen LogP contribution in [0.2, 0.25) is 10.0 Å². The number of hydrogen-bond acceptors (Lipinski definition) is 9. The molecule has 49 heavy (non-hydrogen) atoms. The van der Waals surface area contributed by atoms with E-state index in [-0.39, 0.29) is 42.9 Å². The molecule has 4 aromatic rings. The number of phenolic OH excluding ortho intramolecular Hbond substituents is 1. The number of nitrogen functional groups attached to an aromatic ring is 1. The van der Waals surface area contributed by atoms with E-state index in [9.17, 15) is 20.0 Å². The number of piperazine rings is 1. The number of ether oxygens (including phenoxy) is 1. The van der Waals surface area contributed by atoms with Crippen LogP contribution >= 0.6 is 23.2 Å². The van der Waals surface area contributed by atoms with Crippen molar-refractivity contribution in [2.75, 3.05) is 25.4 Å². The summed E-state index contributed by atoms with van der Waals surface area (Å²) in [5.74, 6) is 5.35. The summed E-state index contributed by atoms with van der Waals surface area (Å²) in [6, 6.07) is 25.0. The fraction of sp³-hybridized carbons (Fsp3) is 0.250. The molecule has 248 valence electrons. The summed E-state index contributed by atoms with van der Waals surface area (Å²) in [5.41, 5.74) is 8.39. The van der Waals surface area contributed by atoms with Crippen LogP contribution in [0.5, 0.6) is 5.75 Å². The summed E-state index contributed by atoms with van der Waals surface area (Å²) in [6.45, 7) is 0.815. The molecule has 4 unspecified atom stereocenters. The van der Waals surface area contributed by atoms with Gasteiger partial charge in [-0.2, -0.15) is 10.3 Å². The molecule has 0 aromatic heterocycles. The molecule has 11 nitrogen and oxygen atoms in total. The van der Waals surface area contributed by atoms with E-state index in [2.05, 4.69) is 23.2 Å². The highest BCUT2D eigenvalue weighted by Crippen LogP contribution is 2.34. The number of carbonyl (C=O) groups is 2. The van der Waals surface area contributed by atoms with Gasteiger partial charge < -0.3 is 20.5 Å². The summed E-state index contributed by atoms with van der Waals surface area (Å²) in [6.07, 6.45) is -1.55. The van der Waals surface area contributed by atoms with Crippen LogP contribution in [0.3, 0.4) is 0 Å². The molecule has 4 N–H and O–H groups in total. The number of halogens is 2. The first-order chi connectivity index (χ1) is 23.7. The second-order valence-corrected chi connectivity index (χ2v) is 12.8. The van der Waals surface area contributed by atoms with Crippen LogP contribution < -0.4 is 11.1 Å². The zero-order chi connectivity index (χ0) is 34.2. The summed E-state index contributed by atoms with van der Waals surface area (Å²) < 4.78 is 5.97. The largest absolute Gasteiger partial charge is 0.506 e. The van der Waals surface area contributed by atoms with Gasteiger partial charge >= 0.3 is 0 Å². The van der Waals surface area contributed by atoms with Gasteiger partial charge in [0, 0.05) is 18.7 Å². The van der Waals surface area contributed by atoms with Crippen LogP contribution in [-0.4, -0.2) is 81.0 Å². The van der Waals surface area contributed by atoms with E-state index in [4.69, 9.17) is 33.7 Å². The molecule has 13 heteroatoms. The molecule has 3 fully saturated rings. The second kappa shape index (κ2) is 13.6. The number of nitrogens with zero attached hydrogens (tertiary/aromatic N) is 5. The molecule has 0 bridgehead atoms. The third-order valence-corrected chi connectivity index (χ3v) is 9.63. The minimum Gasteiger partial charge on any atom is -0.506 e. The molecule has 3 aliphatic heterocycles. The van der Waals surface area contributed by atoms with Gasteiger partial charge in [0.1, 0.15) is 18.5 Å². The van der Waals surface area contributed by atoms with Gasteiger partial charge in [-0.05, 0) is 52.2 Å². The highest BCUT2D eigenvalue weighted by Gasteiger charge is 2.55. The van der Waals surface area contributed by atoms with E-state index in [0.29, 0.717) is 28.7 Å². The number of carbonyl (C=O) groups excluding carboxylic acids is 2. The van der Waals surface area contributed by atoms with Crippen LogP contribution in [0.1, 0.15) is 16.7 Å². The van der Waals surface area contributed by atoms with Crippen molar-refractivity contribution in [1.29, 1.82) is 5.26 Å².